The third kappa shape index (κ3) is 6.03. The first kappa shape index (κ1) is 33.8. The second kappa shape index (κ2) is 12.1. The van der Waals surface area contributed by atoms with E-state index in [0.29, 0.717) is 11.5 Å². The number of hydrogen-bond acceptors (Lipinski definition) is 4. The van der Waals surface area contributed by atoms with Crippen molar-refractivity contribution in [2.45, 2.75) is 78.7 Å². The van der Waals surface area contributed by atoms with Crippen molar-refractivity contribution in [2.24, 2.45) is 0 Å². The standard InChI is InChI=1S/C42H44N4O.Pt/c1-40(2,3)28-21-22-43-38(23-28)46-34-18-11-10-17-32(34)39-33(41(4,5)6)25-31(26-37(39)46)47-30-16-14-15-29(24-30)44-27-45(42(7,8)9)36-20-13-12-19-35(36)44;/h10-23,25H,27H2,1-9H3;/q-2;+2. The summed E-state index contributed by atoms with van der Waals surface area (Å²) in [5.41, 5.74) is 7.68. The fraction of sp³-hybridized carbons (Fsp3) is 0.310. The van der Waals surface area contributed by atoms with E-state index in [1.165, 1.54) is 33.3 Å². The van der Waals surface area contributed by atoms with Gasteiger partial charge in [-0.05, 0) is 72.9 Å². The average molecular weight is 816 g/mol. The van der Waals surface area contributed by atoms with Crippen LogP contribution < -0.4 is 14.5 Å². The molecule has 0 amide bonds. The number of nitrogens with zero attached hydrogens (tertiary/aromatic N) is 4. The number of aromatic nitrogens is 2. The number of anilines is 3. The van der Waals surface area contributed by atoms with Gasteiger partial charge in [0.1, 0.15) is 5.82 Å². The van der Waals surface area contributed by atoms with Crippen LogP contribution in [0.5, 0.6) is 11.5 Å². The quantitative estimate of drug-likeness (QED) is 0.166. The third-order valence-corrected chi connectivity index (χ3v) is 9.13. The van der Waals surface area contributed by atoms with E-state index < -0.39 is 0 Å². The largest absolute Gasteiger partial charge is 2.00 e. The Labute approximate surface area is 299 Å². The number of rotatable bonds is 4. The number of hydrogen-bond donors (Lipinski definition) is 0. The number of para-hydroxylation sites is 3. The van der Waals surface area contributed by atoms with Crippen LogP contribution in [0.4, 0.5) is 17.1 Å². The molecule has 0 saturated heterocycles. The summed E-state index contributed by atoms with van der Waals surface area (Å²) in [5, 5.41) is 2.36. The first-order valence-electron chi connectivity index (χ1n) is 16.5. The molecule has 1 aliphatic heterocycles. The predicted octanol–water partition coefficient (Wildman–Crippen LogP) is 10.9. The SMILES string of the molecule is CC(C)(C)c1ccnc(-n2c3[c-]c(Oc4[c-]c(N5CN(C(C)(C)C)c6ccccc65)ccc4)cc(C(C)(C)C)c3c3ccccc32)c1.[Pt+2]. The van der Waals surface area contributed by atoms with E-state index in [0.717, 1.165) is 29.2 Å². The molecule has 4 aromatic carbocycles. The smallest absolute Gasteiger partial charge is 0.509 e. The van der Waals surface area contributed by atoms with Gasteiger partial charge in [-0.15, -0.1) is 35.9 Å². The van der Waals surface area contributed by atoms with Gasteiger partial charge in [0.25, 0.3) is 0 Å². The van der Waals surface area contributed by atoms with E-state index >= 15 is 0 Å². The van der Waals surface area contributed by atoms with Crippen molar-refractivity contribution in [3.63, 3.8) is 0 Å². The van der Waals surface area contributed by atoms with Crippen molar-refractivity contribution in [3.05, 3.63) is 114 Å². The van der Waals surface area contributed by atoms with Crippen LogP contribution in [-0.4, -0.2) is 21.8 Å². The summed E-state index contributed by atoms with van der Waals surface area (Å²) >= 11 is 0. The Morgan fingerprint density at radius 3 is 2.12 bits per heavy atom. The minimum absolute atomic E-state index is 0. The maximum Gasteiger partial charge on any atom is 2.00 e. The first-order valence-corrected chi connectivity index (χ1v) is 16.5. The third-order valence-electron chi connectivity index (χ3n) is 9.13. The summed E-state index contributed by atoms with van der Waals surface area (Å²) in [6, 6.07) is 37.1. The van der Waals surface area contributed by atoms with Gasteiger partial charge in [0.15, 0.2) is 0 Å². The second-order valence-electron chi connectivity index (χ2n) is 15.7. The zero-order chi connectivity index (χ0) is 33.3. The molecule has 5 nitrogen and oxygen atoms in total. The number of ether oxygens (including phenoxy) is 1. The summed E-state index contributed by atoms with van der Waals surface area (Å²) in [5.74, 6) is 2.19. The fourth-order valence-corrected chi connectivity index (χ4v) is 6.64. The van der Waals surface area contributed by atoms with Gasteiger partial charge in [-0.25, -0.2) is 4.98 Å². The molecule has 7 rings (SSSR count). The Morgan fingerprint density at radius 2 is 1.42 bits per heavy atom. The van der Waals surface area contributed by atoms with Crippen molar-refractivity contribution >= 4 is 38.9 Å². The van der Waals surface area contributed by atoms with Crippen LogP contribution in [0, 0.1) is 12.1 Å². The molecule has 0 bridgehead atoms. The summed E-state index contributed by atoms with van der Waals surface area (Å²) in [6.07, 6.45) is 1.92. The molecule has 0 N–H and O–H groups in total. The normalized spacial score (nSPS) is 13.6. The Kier molecular flexibility index (Phi) is 8.53. The number of benzene rings is 4. The molecule has 48 heavy (non-hydrogen) atoms. The van der Waals surface area contributed by atoms with Gasteiger partial charge in [-0.1, -0.05) is 88.5 Å². The van der Waals surface area contributed by atoms with Crippen LogP contribution in [0.25, 0.3) is 27.6 Å². The van der Waals surface area contributed by atoms with Gasteiger partial charge in [-0.3, -0.25) is 0 Å². The summed E-state index contributed by atoms with van der Waals surface area (Å²) < 4.78 is 8.92. The number of fused-ring (bicyclic) bond motifs is 4. The molecule has 0 aliphatic carbocycles. The van der Waals surface area contributed by atoms with Crippen molar-refractivity contribution in [1.82, 2.24) is 9.55 Å². The van der Waals surface area contributed by atoms with Gasteiger partial charge in [-0.2, -0.15) is 6.07 Å². The molecule has 0 fully saturated rings. The monoisotopic (exact) mass is 815 g/mol. The number of pyridine rings is 1. The van der Waals surface area contributed by atoms with E-state index in [-0.39, 0.29) is 37.4 Å². The van der Waals surface area contributed by atoms with Gasteiger partial charge < -0.3 is 19.1 Å². The Balaban J connectivity index is 0.00000401. The van der Waals surface area contributed by atoms with Crippen molar-refractivity contribution in [1.29, 1.82) is 0 Å². The molecular weight excluding hydrogens is 772 g/mol. The van der Waals surface area contributed by atoms with Gasteiger partial charge in [0.05, 0.1) is 18.0 Å². The average Bonchev–Trinajstić information content (AvgIpc) is 3.57. The summed E-state index contributed by atoms with van der Waals surface area (Å²) in [7, 11) is 0. The minimum atomic E-state index is -0.150. The molecule has 248 valence electrons. The van der Waals surface area contributed by atoms with Gasteiger partial charge >= 0.3 is 21.1 Å². The maximum absolute atomic E-state index is 6.68. The zero-order valence-corrected chi connectivity index (χ0v) is 31.7. The molecule has 0 saturated carbocycles. The van der Waals surface area contributed by atoms with Crippen molar-refractivity contribution in [3.8, 4) is 17.3 Å². The molecule has 2 aromatic heterocycles. The molecule has 3 heterocycles. The molecule has 0 unspecified atom stereocenters. The van der Waals surface area contributed by atoms with E-state index in [9.17, 15) is 0 Å². The molecule has 6 aromatic rings. The molecule has 0 radical (unpaired) electrons. The van der Waals surface area contributed by atoms with Crippen LogP contribution in [0.15, 0.2) is 91.1 Å². The Hall–Kier alpha value is -4.08. The summed E-state index contributed by atoms with van der Waals surface area (Å²) in [6.45, 7) is 21.0. The van der Waals surface area contributed by atoms with Crippen LogP contribution >= 0.6 is 0 Å². The second-order valence-corrected chi connectivity index (χ2v) is 15.7. The minimum Gasteiger partial charge on any atom is -0.509 e. The molecule has 0 atom stereocenters. The zero-order valence-electron chi connectivity index (χ0n) is 29.4. The molecule has 1 aliphatic rings. The van der Waals surface area contributed by atoms with Crippen molar-refractivity contribution in [2.75, 3.05) is 16.5 Å². The van der Waals surface area contributed by atoms with Crippen LogP contribution in [0.1, 0.15) is 73.4 Å². The Morgan fingerprint density at radius 1 is 0.708 bits per heavy atom. The van der Waals surface area contributed by atoms with Crippen LogP contribution in [-0.2, 0) is 31.9 Å². The van der Waals surface area contributed by atoms with Crippen molar-refractivity contribution < 1.29 is 25.8 Å². The maximum atomic E-state index is 6.68. The fourth-order valence-electron chi connectivity index (χ4n) is 6.64. The van der Waals surface area contributed by atoms with Gasteiger partial charge in [0, 0.05) is 28.8 Å². The van der Waals surface area contributed by atoms with E-state index in [1.807, 2.05) is 18.3 Å². The molecular formula is C42H44N4OPt. The van der Waals surface area contributed by atoms with E-state index in [1.54, 1.807) is 0 Å². The summed E-state index contributed by atoms with van der Waals surface area (Å²) in [4.78, 5) is 9.63. The van der Waals surface area contributed by atoms with Gasteiger partial charge in [0.2, 0.25) is 0 Å². The molecule has 6 heteroatoms. The van der Waals surface area contributed by atoms with Crippen LogP contribution in [0.3, 0.4) is 0 Å². The Bertz CT molecular complexity index is 2130. The van der Waals surface area contributed by atoms with E-state index in [2.05, 4.69) is 162 Å². The first-order chi connectivity index (χ1) is 22.2. The topological polar surface area (TPSA) is 33.5 Å². The predicted molar refractivity (Wildman–Crippen MR) is 196 cm³/mol. The van der Waals surface area contributed by atoms with E-state index in [4.69, 9.17) is 9.72 Å². The molecule has 0 spiro atoms. The van der Waals surface area contributed by atoms with Crippen LogP contribution in [0.2, 0.25) is 0 Å².